The summed E-state index contributed by atoms with van der Waals surface area (Å²) in [5.41, 5.74) is 1.83. The van der Waals surface area contributed by atoms with Gasteiger partial charge in [-0.15, -0.1) is 11.8 Å². The van der Waals surface area contributed by atoms with Gasteiger partial charge in [-0.2, -0.15) is 0 Å². The van der Waals surface area contributed by atoms with E-state index in [0.717, 1.165) is 37.1 Å². The van der Waals surface area contributed by atoms with Crippen LogP contribution in [0.4, 0.5) is 5.69 Å². The van der Waals surface area contributed by atoms with E-state index >= 15 is 0 Å². The zero-order valence-electron chi connectivity index (χ0n) is 14.0. The minimum absolute atomic E-state index is 0.0560. The van der Waals surface area contributed by atoms with Crippen molar-refractivity contribution in [2.45, 2.75) is 44.8 Å². The van der Waals surface area contributed by atoms with Gasteiger partial charge >= 0.3 is 0 Å². The van der Waals surface area contributed by atoms with E-state index in [0.29, 0.717) is 18.1 Å². The number of para-hydroxylation sites is 1. The van der Waals surface area contributed by atoms with Crippen LogP contribution in [-0.2, 0) is 14.3 Å². The molecule has 0 bridgehead atoms. The summed E-state index contributed by atoms with van der Waals surface area (Å²) < 4.78 is 5.58. The summed E-state index contributed by atoms with van der Waals surface area (Å²) in [6.07, 6.45) is 3.55. The van der Waals surface area contributed by atoms with Gasteiger partial charge in [0.1, 0.15) is 6.04 Å². The van der Waals surface area contributed by atoms with Crippen LogP contribution >= 0.6 is 11.8 Å². The fraction of sp³-hybridized carbons (Fsp3) is 0.556. The molecule has 6 heteroatoms. The number of anilines is 1. The number of carbonyl (C=O) groups is 2. The number of rotatable bonds is 5. The molecule has 0 unspecified atom stereocenters. The highest BCUT2D eigenvalue weighted by molar-refractivity contribution is 7.99. The molecule has 2 heterocycles. The summed E-state index contributed by atoms with van der Waals surface area (Å²) in [6, 6.07) is 7.31. The molecule has 0 aliphatic carbocycles. The van der Waals surface area contributed by atoms with Crippen molar-refractivity contribution in [3.63, 3.8) is 0 Å². The van der Waals surface area contributed by atoms with Gasteiger partial charge in [-0.1, -0.05) is 18.2 Å². The zero-order chi connectivity index (χ0) is 16.9. The van der Waals surface area contributed by atoms with E-state index < -0.39 is 0 Å². The van der Waals surface area contributed by atoms with E-state index in [4.69, 9.17) is 4.74 Å². The Morgan fingerprint density at radius 3 is 2.96 bits per heavy atom. The average Bonchev–Trinajstić information content (AvgIpc) is 3.26. The highest BCUT2D eigenvalue weighted by atomic mass is 32.2. The lowest BCUT2D eigenvalue weighted by molar-refractivity contribution is -0.136. The second kappa shape index (κ2) is 8.03. The largest absolute Gasteiger partial charge is 0.378 e. The van der Waals surface area contributed by atoms with Gasteiger partial charge in [0, 0.05) is 24.5 Å². The maximum absolute atomic E-state index is 12.6. The number of nitrogens with zero attached hydrogens (tertiary/aromatic N) is 1. The van der Waals surface area contributed by atoms with Crippen LogP contribution in [0.2, 0.25) is 0 Å². The van der Waals surface area contributed by atoms with Crippen LogP contribution < -0.4 is 5.32 Å². The van der Waals surface area contributed by atoms with Crippen LogP contribution in [0.3, 0.4) is 0 Å². The molecule has 0 radical (unpaired) electrons. The first-order valence-electron chi connectivity index (χ1n) is 8.50. The lowest BCUT2D eigenvalue weighted by Crippen LogP contribution is -2.44. The maximum Gasteiger partial charge on any atom is 0.248 e. The number of benzene rings is 1. The van der Waals surface area contributed by atoms with Crippen molar-refractivity contribution in [1.82, 2.24) is 4.90 Å². The average molecular weight is 348 g/mol. The van der Waals surface area contributed by atoms with Crippen LogP contribution in [0, 0.1) is 6.92 Å². The Morgan fingerprint density at radius 2 is 2.21 bits per heavy atom. The first-order chi connectivity index (χ1) is 11.6. The number of ether oxygens (including phenoxy) is 1. The van der Waals surface area contributed by atoms with Crippen LogP contribution in [0.1, 0.15) is 31.2 Å². The summed E-state index contributed by atoms with van der Waals surface area (Å²) in [6.45, 7) is 2.77. The fourth-order valence-corrected chi connectivity index (χ4v) is 4.32. The predicted molar refractivity (Wildman–Crippen MR) is 96.0 cm³/mol. The molecule has 2 amide bonds. The minimum atomic E-state index is -0.383. The second-order valence-corrected chi connectivity index (χ2v) is 7.36. The molecular formula is C18H24N2O3S. The summed E-state index contributed by atoms with van der Waals surface area (Å²) in [4.78, 5) is 26.8. The highest BCUT2D eigenvalue weighted by Gasteiger charge is 2.34. The number of thioether (sulfide) groups is 1. The summed E-state index contributed by atoms with van der Waals surface area (Å²) >= 11 is 1.63. The van der Waals surface area contributed by atoms with E-state index in [1.54, 1.807) is 16.7 Å². The monoisotopic (exact) mass is 348 g/mol. The molecular weight excluding hydrogens is 324 g/mol. The highest BCUT2D eigenvalue weighted by Crippen LogP contribution is 2.25. The first-order valence-corrected chi connectivity index (χ1v) is 9.66. The third-order valence-electron chi connectivity index (χ3n) is 4.61. The van der Waals surface area contributed by atoms with E-state index in [9.17, 15) is 9.59 Å². The predicted octanol–water partition coefficient (Wildman–Crippen LogP) is 2.79. The molecule has 2 aliphatic heterocycles. The molecule has 1 aromatic rings. The van der Waals surface area contributed by atoms with Crippen molar-refractivity contribution in [3.05, 3.63) is 29.8 Å². The number of carbonyl (C=O) groups excluding carboxylic acids is 2. The van der Waals surface area contributed by atoms with Crippen LogP contribution in [0.15, 0.2) is 24.3 Å². The van der Waals surface area contributed by atoms with Gasteiger partial charge in [-0.05, 0) is 37.8 Å². The number of nitrogens with one attached hydrogen (secondary N) is 1. The number of aryl methyl sites for hydroxylation is 1. The summed E-state index contributed by atoms with van der Waals surface area (Å²) in [5, 5.41) is 2.96. The first kappa shape index (κ1) is 17.3. The van der Waals surface area contributed by atoms with E-state index in [1.807, 2.05) is 31.2 Å². The Balaban J connectivity index is 1.56. The Morgan fingerprint density at radius 1 is 1.38 bits per heavy atom. The molecule has 3 rings (SSSR count). The van der Waals surface area contributed by atoms with E-state index in [1.165, 1.54) is 0 Å². The number of amides is 2. The molecule has 5 nitrogen and oxygen atoms in total. The lowest BCUT2D eigenvalue weighted by Gasteiger charge is -2.24. The molecule has 24 heavy (non-hydrogen) atoms. The van der Waals surface area contributed by atoms with E-state index in [-0.39, 0.29) is 24.0 Å². The van der Waals surface area contributed by atoms with Crippen molar-refractivity contribution in [2.24, 2.45) is 0 Å². The topological polar surface area (TPSA) is 58.6 Å². The van der Waals surface area contributed by atoms with Crippen LogP contribution in [0.5, 0.6) is 0 Å². The molecule has 2 fully saturated rings. The Labute approximate surface area is 147 Å². The molecule has 1 N–H and O–H groups in total. The van der Waals surface area contributed by atoms with Crippen molar-refractivity contribution < 1.29 is 14.3 Å². The standard InChI is InChI=1S/C18H24N2O3S/c1-13-5-2-3-7-15(13)19-18(22)16-11-24-12-20(16)17(21)9-8-14-6-4-10-23-14/h2-3,5,7,14,16H,4,6,8-12H2,1H3,(H,19,22)/t14-,16-/m1/s1. The van der Waals surface area contributed by atoms with Crippen LogP contribution in [-0.4, -0.2) is 47.1 Å². The third kappa shape index (κ3) is 4.11. The Kier molecular flexibility index (Phi) is 5.79. The van der Waals surface area contributed by atoms with Crippen molar-refractivity contribution in [1.29, 1.82) is 0 Å². The Hall–Kier alpha value is -1.53. The Bertz CT molecular complexity index is 602. The number of hydrogen-bond donors (Lipinski definition) is 1. The fourth-order valence-electron chi connectivity index (χ4n) is 3.13. The van der Waals surface area contributed by atoms with Gasteiger partial charge in [0.25, 0.3) is 0 Å². The molecule has 0 spiro atoms. The maximum atomic E-state index is 12.6. The van der Waals surface area contributed by atoms with Gasteiger partial charge < -0.3 is 15.0 Å². The third-order valence-corrected chi connectivity index (χ3v) is 5.62. The quantitative estimate of drug-likeness (QED) is 0.889. The molecule has 2 saturated heterocycles. The van der Waals surface area contributed by atoms with Gasteiger partial charge in [0.05, 0.1) is 12.0 Å². The van der Waals surface area contributed by atoms with Crippen molar-refractivity contribution >= 4 is 29.3 Å². The molecule has 0 saturated carbocycles. The lowest BCUT2D eigenvalue weighted by atomic mass is 10.1. The summed E-state index contributed by atoms with van der Waals surface area (Å²) in [5.74, 6) is 1.21. The van der Waals surface area contributed by atoms with Crippen LogP contribution in [0.25, 0.3) is 0 Å². The van der Waals surface area contributed by atoms with Gasteiger partial charge in [-0.25, -0.2) is 0 Å². The van der Waals surface area contributed by atoms with Gasteiger partial charge in [0.2, 0.25) is 11.8 Å². The van der Waals surface area contributed by atoms with Crippen molar-refractivity contribution in [2.75, 3.05) is 23.6 Å². The SMILES string of the molecule is Cc1ccccc1NC(=O)[C@H]1CSCN1C(=O)CC[C@H]1CCCO1. The molecule has 130 valence electrons. The smallest absolute Gasteiger partial charge is 0.248 e. The van der Waals surface area contributed by atoms with E-state index in [2.05, 4.69) is 5.32 Å². The molecule has 2 atom stereocenters. The minimum Gasteiger partial charge on any atom is -0.378 e. The molecule has 0 aromatic heterocycles. The number of hydrogen-bond acceptors (Lipinski definition) is 4. The second-order valence-electron chi connectivity index (χ2n) is 6.36. The zero-order valence-corrected chi connectivity index (χ0v) is 14.8. The normalized spacial score (nSPS) is 23.5. The summed E-state index contributed by atoms with van der Waals surface area (Å²) in [7, 11) is 0. The molecule has 2 aliphatic rings. The van der Waals surface area contributed by atoms with Gasteiger partial charge in [0.15, 0.2) is 0 Å². The van der Waals surface area contributed by atoms with Crippen molar-refractivity contribution in [3.8, 4) is 0 Å². The molecule has 1 aromatic carbocycles. The van der Waals surface area contributed by atoms with Gasteiger partial charge in [-0.3, -0.25) is 9.59 Å².